The van der Waals surface area contributed by atoms with E-state index in [0.29, 0.717) is 5.92 Å². The van der Waals surface area contributed by atoms with E-state index in [9.17, 15) is 0 Å². The van der Waals surface area contributed by atoms with Crippen LogP contribution in [0.25, 0.3) is 0 Å². The Morgan fingerprint density at radius 1 is 1.09 bits per heavy atom. The van der Waals surface area contributed by atoms with Gasteiger partial charge in [0.05, 0.1) is 11.8 Å². The SMILES string of the molecule is Cc1ccc(C2=NN3[C@@H](C2)c2ccccc2O[C@H]3C(C)C)cc1. The van der Waals surface area contributed by atoms with Gasteiger partial charge in [0.1, 0.15) is 5.75 Å². The van der Waals surface area contributed by atoms with Crippen LogP contribution in [0.15, 0.2) is 53.6 Å². The van der Waals surface area contributed by atoms with Crippen molar-refractivity contribution in [3.05, 3.63) is 65.2 Å². The van der Waals surface area contributed by atoms with Crippen molar-refractivity contribution in [3.63, 3.8) is 0 Å². The Balaban J connectivity index is 1.74. The minimum atomic E-state index is -0.00199. The van der Waals surface area contributed by atoms with Crippen molar-refractivity contribution in [1.29, 1.82) is 0 Å². The zero-order chi connectivity index (χ0) is 16.0. The van der Waals surface area contributed by atoms with Gasteiger partial charge in [0.25, 0.3) is 0 Å². The van der Waals surface area contributed by atoms with Crippen LogP contribution in [0.5, 0.6) is 5.75 Å². The molecule has 2 aromatic carbocycles. The van der Waals surface area contributed by atoms with Gasteiger partial charge < -0.3 is 4.74 Å². The molecule has 3 heteroatoms. The second kappa shape index (κ2) is 5.41. The first-order valence-electron chi connectivity index (χ1n) is 8.32. The van der Waals surface area contributed by atoms with Crippen LogP contribution in [0.4, 0.5) is 0 Å². The second-order valence-corrected chi connectivity index (χ2v) is 6.80. The van der Waals surface area contributed by atoms with Gasteiger partial charge in [-0.2, -0.15) is 5.10 Å². The van der Waals surface area contributed by atoms with Crippen LogP contribution in [-0.2, 0) is 0 Å². The highest BCUT2D eigenvalue weighted by Crippen LogP contribution is 2.44. The number of nitrogens with zero attached hydrogens (tertiary/aromatic N) is 2. The summed E-state index contributed by atoms with van der Waals surface area (Å²) in [5.41, 5.74) is 4.89. The molecule has 0 radical (unpaired) electrons. The highest BCUT2D eigenvalue weighted by Gasteiger charge is 2.41. The van der Waals surface area contributed by atoms with E-state index in [1.807, 2.05) is 6.07 Å². The standard InChI is InChI=1S/C20H22N2O/c1-13(2)20-22-18(16-6-4-5-7-19(16)23-20)12-17(21-22)15-10-8-14(3)9-11-15/h4-11,13,18,20H,12H2,1-3H3/t18-,20-/m0/s1. The summed E-state index contributed by atoms with van der Waals surface area (Å²) in [5, 5.41) is 7.11. The maximum Gasteiger partial charge on any atom is 0.190 e. The molecule has 0 saturated heterocycles. The van der Waals surface area contributed by atoms with Crippen LogP contribution >= 0.6 is 0 Å². The minimum Gasteiger partial charge on any atom is -0.468 e. The van der Waals surface area contributed by atoms with Crippen LogP contribution in [0, 0.1) is 12.8 Å². The van der Waals surface area contributed by atoms with Crippen molar-refractivity contribution >= 4 is 5.71 Å². The van der Waals surface area contributed by atoms with Gasteiger partial charge in [-0.05, 0) is 18.6 Å². The Hall–Kier alpha value is -2.29. The smallest absolute Gasteiger partial charge is 0.190 e. The number of rotatable bonds is 2. The summed E-state index contributed by atoms with van der Waals surface area (Å²) in [7, 11) is 0. The molecule has 0 spiro atoms. The van der Waals surface area contributed by atoms with Gasteiger partial charge in [-0.25, -0.2) is 5.01 Å². The molecule has 0 saturated carbocycles. The highest BCUT2D eigenvalue weighted by atomic mass is 16.5. The lowest BCUT2D eigenvalue weighted by atomic mass is 9.95. The van der Waals surface area contributed by atoms with Gasteiger partial charge in [0.15, 0.2) is 6.23 Å². The fourth-order valence-electron chi connectivity index (χ4n) is 3.42. The molecule has 0 aromatic heterocycles. The summed E-state index contributed by atoms with van der Waals surface area (Å²) in [6.07, 6.45) is 0.935. The summed E-state index contributed by atoms with van der Waals surface area (Å²) in [4.78, 5) is 0. The van der Waals surface area contributed by atoms with Crippen LogP contribution in [0.1, 0.15) is 43.0 Å². The lowest BCUT2D eigenvalue weighted by Crippen LogP contribution is -2.43. The summed E-state index contributed by atoms with van der Waals surface area (Å²) >= 11 is 0. The highest BCUT2D eigenvalue weighted by molar-refractivity contribution is 6.02. The zero-order valence-electron chi connectivity index (χ0n) is 13.9. The fourth-order valence-corrected chi connectivity index (χ4v) is 3.42. The number of hydrogen-bond donors (Lipinski definition) is 0. The molecule has 0 unspecified atom stereocenters. The summed E-state index contributed by atoms with van der Waals surface area (Å²) < 4.78 is 6.23. The molecule has 0 fully saturated rings. The third-order valence-electron chi connectivity index (χ3n) is 4.68. The Bertz CT molecular complexity index is 748. The third kappa shape index (κ3) is 2.40. The number of aryl methyl sites for hydroxylation is 1. The van der Waals surface area contributed by atoms with Gasteiger partial charge in [-0.3, -0.25) is 0 Å². The average molecular weight is 306 g/mol. The van der Waals surface area contributed by atoms with Crippen molar-refractivity contribution in [1.82, 2.24) is 5.01 Å². The third-order valence-corrected chi connectivity index (χ3v) is 4.68. The van der Waals surface area contributed by atoms with Crippen LogP contribution in [0.3, 0.4) is 0 Å². The van der Waals surface area contributed by atoms with Crippen molar-refractivity contribution in [3.8, 4) is 5.75 Å². The van der Waals surface area contributed by atoms with Crippen LogP contribution in [-0.4, -0.2) is 16.9 Å². The molecule has 0 amide bonds. The molecule has 2 aliphatic rings. The predicted molar refractivity (Wildman–Crippen MR) is 92.6 cm³/mol. The van der Waals surface area contributed by atoms with Gasteiger partial charge in [0.2, 0.25) is 0 Å². The summed E-state index contributed by atoms with van der Waals surface area (Å²) in [6.45, 7) is 6.49. The molecule has 2 aliphatic heterocycles. The first-order chi connectivity index (χ1) is 11.1. The van der Waals surface area contributed by atoms with E-state index in [2.05, 4.69) is 68.2 Å². The fraction of sp³-hybridized carbons (Fsp3) is 0.350. The Morgan fingerprint density at radius 3 is 2.57 bits per heavy atom. The van der Waals surface area contributed by atoms with Gasteiger partial charge in [-0.1, -0.05) is 61.9 Å². The Kier molecular flexibility index (Phi) is 3.37. The molecular formula is C20H22N2O. The first kappa shape index (κ1) is 14.3. The van der Waals surface area contributed by atoms with E-state index in [4.69, 9.17) is 9.84 Å². The largest absolute Gasteiger partial charge is 0.468 e. The molecule has 23 heavy (non-hydrogen) atoms. The van der Waals surface area contributed by atoms with Gasteiger partial charge in [-0.15, -0.1) is 0 Å². The molecule has 2 atom stereocenters. The monoisotopic (exact) mass is 306 g/mol. The Labute approximate surface area is 137 Å². The predicted octanol–water partition coefficient (Wildman–Crippen LogP) is 4.52. The number of benzene rings is 2. The van der Waals surface area contributed by atoms with E-state index in [-0.39, 0.29) is 12.3 Å². The number of para-hydroxylation sites is 1. The molecule has 0 aliphatic carbocycles. The number of ether oxygens (including phenoxy) is 1. The topological polar surface area (TPSA) is 24.8 Å². The van der Waals surface area contributed by atoms with E-state index in [1.165, 1.54) is 16.7 Å². The summed E-state index contributed by atoms with van der Waals surface area (Å²) in [5.74, 6) is 1.39. The zero-order valence-corrected chi connectivity index (χ0v) is 13.9. The molecule has 2 heterocycles. The Morgan fingerprint density at radius 2 is 1.83 bits per heavy atom. The number of fused-ring (bicyclic) bond motifs is 3. The quantitative estimate of drug-likeness (QED) is 0.815. The minimum absolute atomic E-state index is 0.00199. The lowest BCUT2D eigenvalue weighted by Gasteiger charge is -2.39. The van der Waals surface area contributed by atoms with E-state index in [0.717, 1.165) is 17.9 Å². The molecule has 0 N–H and O–H groups in total. The van der Waals surface area contributed by atoms with Crippen LogP contribution < -0.4 is 4.74 Å². The van der Waals surface area contributed by atoms with Crippen molar-refractivity contribution in [2.45, 2.75) is 39.5 Å². The molecular weight excluding hydrogens is 284 g/mol. The summed E-state index contributed by atoms with van der Waals surface area (Å²) in [6, 6.07) is 17.3. The maximum atomic E-state index is 6.23. The average Bonchev–Trinajstić information content (AvgIpc) is 3.00. The number of hydrazone groups is 1. The van der Waals surface area contributed by atoms with Gasteiger partial charge in [0, 0.05) is 17.9 Å². The molecule has 0 bridgehead atoms. The first-order valence-corrected chi connectivity index (χ1v) is 8.32. The van der Waals surface area contributed by atoms with Crippen molar-refractivity contribution in [2.24, 2.45) is 11.0 Å². The van der Waals surface area contributed by atoms with Crippen molar-refractivity contribution < 1.29 is 4.74 Å². The van der Waals surface area contributed by atoms with E-state index < -0.39 is 0 Å². The normalized spacial score (nSPS) is 22.4. The van der Waals surface area contributed by atoms with E-state index >= 15 is 0 Å². The molecule has 3 nitrogen and oxygen atoms in total. The number of hydrogen-bond acceptors (Lipinski definition) is 3. The van der Waals surface area contributed by atoms with Gasteiger partial charge >= 0.3 is 0 Å². The van der Waals surface area contributed by atoms with Crippen molar-refractivity contribution in [2.75, 3.05) is 0 Å². The second-order valence-electron chi connectivity index (χ2n) is 6.80. The molecule has 4 rings (SSSR count). The maximum absolute atomic E-state index is 6.23. The lowest BCUT2D eigenvalue weighted by molar-refractivity contribution is -0.0461. The van der Waals surface area contributed by atoms with E-state index in [1.54, 1.807) is 0 Å². The molecule has 2 aromatic rings. The molecule has 118 valence electrons. The van der Waals surface area contributed by atoms with Crippen LogP contribution in [0.2, 0.25) is 0 Å².